The van der Waals surface area contributed by atoms with Crippen LogP contribution in [0.2, 0.25) is 0 Å². The van der Waals surface area contributed by atoms with Crippen LogP contribution in [0.4, 0.5) is 0 Å². The number of unbranched alkanes of at least 4 members (excludes halogenated alkanes) is 6. The maximum atomic E-state index is 13.5. The lowest BCUT2D eigenvalue weighted by Crippen LogP contribution is -2.36. The zero-order chi connectivity index (χ0) is 44.5. The van der Waals surface area contributed by atoms with Crippen molar-refractivity contribution in [2.75, 3.05) is 39.5 Å². The molecule has 1 heterocycles. The molecule has 0 saturated heterocycles. The number of esters is 2. The van der Waals surface area contributed by atoms with Gasteiger partial charge in [-0.2, -0.15) is 0 Å². The molecule has 2 amide bonds. The molecule has 0 spiro atoms. The Morgan fingerprint density at radius 2 is 1.25 bits per heavy atom. The number of amides is 2. The Kier molecular flexibility index (Phi) is 18.3. The first kappa shape index (κ1) is 48.4. The topological polar surface area (TPSA) is 165 Å². The first-order chi connectivity index (χ1) is 29.1. The second-order valence-electron chi connectivity index (χ2n) is 17.2. The molecule has 332 valence electrons. The van der Waals surface area contributed by atoms with Crippen molar-refractivity contribution in [3.05, 3.63) is 82.9 Å². The average Bonchev–Trinajstić information content (AvgIpc) is 3.21. The van der Waals surface area contributed by atoms with Crippen LogP contribution in [0.15, 0.2) is 60.7 Å². The zero-order valence-corrected chi connectivity index (χ0v) is 36.9. The summed E-state index contributed by atoms with van der Waals surface area (Å²) in [7, 11) is 0. The fraction of sp³-hybridized carbons (Fsp3) is 0.521. The van der Waals surface area contributed by atoms with Crippen LogP contribution in [0.5, 0.6) is 23.0 Å². The van der Waals surface area contributed by atoms with Gasteiger partial charge in [0.25, 0.3) is 12.4 Å². The number of fused-ring (bicyclic) bond motifs is 2. The van der Waals surface area contributed by atoms with Crippen molar-refractivity contribution in [3.8, 4) is 23.0 Å². The first-order valence-corrected chi connectivity index (χ1v) is 21.4. The third-order valence-corrected chi connectivity index (χ3v) is 9.99. The molecule has 61 heavy (non-hydrogen) atoms. The third-order valence-electron chi connectivity index (χ3n) is 9.99. The monoisotopic (exact) mass is 844 g/mol. The number of hydrogen-bond donors (Lipinski definition) is 2. The van der Waals surface area contributed by atoms with E-state index in [1.807, 2.05) is 0 Å². The van der Waals surface area contributed by atoms with Crippen molar-refractivity contribution < 1.29 is 52.4 Å². The van der Waals surface area contributed by atoms with Gasteiger partial charge in [0.05, 0.1) is 30.7 Å². The molecule has 0 fully saturated rings. The summed E-state index contributed by atoms with van der Waals surface area (Å²) in [5, 5.41) is 5.83. The molecule has 0 atom stereocenters. The van der Waals surface area contributed by atoms with Gasteiger partial charge in [0.15, 0.2) is 5.60 Å². The maximum absolute atomic E-state index is 13.5. The van der Waals surface area contributed by atoms with Gasteiger partial charge < -0.3 is 39.1 Å². The van der Waals surface area contributed by atoms with E-state index in [9.17, 15) is 24.0 Å². The highest BCUT2D eigenvalue weighted by molar-refractivity contribution is 5.94. The van der Waals surface area contributed by atoms with Crippen LogP contribution in [0.1, 0.15) is 133 Å². The van der Waals surface area contributed by atoms with Gasteiger partial charge in [-0.3, -0.25) is 24.0 Å². The van der Waals surface area contributed by atoms with Gasteiger partial charge in [-0.25, -0.2) is 0 Å². The second-order valence-corrected chi connectivity index (χ2v) is 17.2. The van der Waals surface area contributed by atoms with E-state index in [2.05, 4.69) is 17.6 Å². The summed E-state index contributed by atoms with van der Waals surface area (Å²) in [6, 6.07) is 16.3. The molecule has 3 aromatic rings. The van der Waals surface area contributed by atoms with Gasteiger partial charge in [0.2, 0.25) is 5.91 Å². The fourth-order valence-corrected chi connectivity index (χ4v) is 6.50. The minimum atomic E-state index is -1.63. The maximum Gasteiger partial charge on any atom is 0.316 e. The molecule has 0 radical (unpaired) electrons. The minimum Gasteiger partial charge on any atom is -0.456 e. The second kappa shape index (κ2) is 23.1. The molecule has 1 aliphatic rings. The number of nitrogens with one attached hydrogen (secondary N) is 2. The Labute approximate surface area is 360 Å². The van der Waals surface area contributed by atoms with Crippen LogP contribution >= 0.6 is 0 Å². The van der Waals surface area contributed by atoms with Crippen LogP contribution < -0.4 is 24.8 Å². The molecule has 0 aromatic heterocycles. The molecule has 1 aliphatic heterocycles. The van der Waals surface area contributed by atoms with Crippen LogP contribution in [0.3, 0.4) is 0 Å². The predicted octanol–water partition coefficient (Wildman–Crippen LogP) is 8.57. The van der Waals surface area contributed by atoms with E-state index < -0.39 is 28.4 Å². The summed E-state index contributed by atoms with van der Waals surface area (Å²) < 4.78 is 34.9. The highest BCUT2D eigenvalue weighted by atomic mass is 16.6. The standard InChI is InChI=1S/C48H64N2O11/c1-8-9-10-11-15-26-56-28-29-57-27-25-49-42(52)19-13-12-14-24-50-43(53)34-17-16-18-35(30-34)48(58-33-51)38-22-20-36(59-44(54)46(2,3)4)31-40(38)61-41-32-37(21-23-39(41)48)60-45(55)47(5,6)7/h16-18,20-23,30-33H,8-15,19,24-29H2,1-7H3,(H,49,52)(H,50,53). The Morgan fingerprint density at radius 3 is 1.84 bits per heavy atom. The smallest absolute Gasteiger partial charge is 0.316 e. The van der Waals surface area contributed by atoms with Gasteiger partial charge in [0, 0.05) is 60.5 Å². The van der Waals surface area contributed by atoms with E-state index in [-0.39, 0.29) is 34.8 Å². The quantitative estimate of drug-likeness (QED) is 0.0384. The van der Waals surface area contributed by atoms with E-state index in [4.69, 9.17) is 28.4 Å². The van der Waals surface area contributed by atoms with Crippen molar-refractivity contribution in [1.29, 1.82) is 0 Å². The Hall–Kier alpha value is -5.27. The van der Waals surface area contributed by atoms with Crippen molar-refractivity contribution in [2.45, 2.75) is 112 Å². The van der Waals surface area contributed by atoms with Crippen molar-refractivity contribution in [3.63, 3.8) is 0 Å². The number of hydrogen-bond acceptors (Lipinski definition) is 11. The Bertz CT molecular complexity index is 1870. The van der Waals surface area contributed by atoms with Crippen LogP contribution in [-0.2, 0) is 39.0 Å². The SMILES string of the molecule is CCCCCCCOCCOCCNC(=O)CCCCCNC(=O)c1cccc(C2(OC=O)c3ccc(OC(=O)C(C)(C)C)cc3Oc3cc(OC(=O)C(C)(C)C)ccc32)c1. The van der Waals surface area contributed by atoms with Crippen molar-refractivity contribution in [1.82, 2.24) is 10.6 Å². The highest BCUT2D eigenvalue weighted by Crippen LogP contribution is 2.54. The number of carbonyl (C=O) groups is 5. The predicted molar refractivity (Wildman–Crippen MR) is 231 cm³/mol. The number of ether oxygens (including phenoxy) is 6. The molecular formula is C48H64N2O11. The average molecular weight is 845 g/mol. The summed E-state index contributed by atoms with van der Waals surface area (Å²) in [6.45, 7) is 16.0. The Balaban J connectivity index is 1.38. The molecule has 0 saturated carbocycles. The molecule has 13 nitrogen and oxygen atoms in total. The van der Waals surface area contributed by atoms with Crippen molar-refractivity contribution in [2.24, 2.45) is 10.8 Å². The van der Waals surface area contributed by atoms with E-state index in [1.54, 1.807) is 90.1 Å². The first-order valence-electron chi connectivity index (χ1n) is 21.4. The normalized spacial score (nSPS) is 12.9. The van der Waals surface area contributed by atoms with E-state index in [0.717, 1.165) is 19.4 Å². The highest BCUT2D eigenvalue weighted by Gasteiger charge is 2.47. The molecule has 13 heteroatoms. The van der Waals surface area contributed by atoms with Gasteiger partial charge in [-0.05, 0) is 97.2 Å². The molecule has 0 aliphatic carbocycles. The summed E-state index contributed by atoms with van der Waals surface area (Å²) >= 11 is 0. The fourth-order valence-electron chi connectivity index (χ4n) is 6.50. The van der Waals surface area contributed by atoms with Crippen LogP contribution in [0.25, 0.3) is 0 Å². The molecule has 3 aromatic carbocycles. The lowest BCUT2D eigenvalue weighted by Gasteiger charge is -2.39. The van der Waals surface area contributed by atoms with Gasteiger partial charge in [-0.15, -0.1) is 0 Å². The van der Waals surface area contributed by atoms with Crippen molar-refractivity contribution >= 4 is 30.2 Å². The van der Waals surface area contributed by atoms with Gasteiger partial charge in [-0.1, -0.05) is 51.2 Å². The zero-order valence-electron chi connectivity index (χ0n) is 36.9. The van der Waals surface area contributed by atoms with Crippen LogP contribution in [0, 0.1) is 10.8 Å². The number of rotatable bonds is 24. The molecule has 2 N–H and O–H groups in total. The summed E-state index contributed by atoms with van der Waals surface area (Å²) in [5.74, 6) is -0.455. The third kappa shape index (κ3) is 14.1. The van der Waals surface area contributed by atoms with E-state index >= 15 is 0 Å². The Morgan fingerprint density at radius 1 is 0.656 bits per heavy atom. The minimum absolute atomic E-state index is 0.0418. The lowest BCUT2D eigenvalue weighted by molar-refractivity contribution is -0.143. The number of benzene rings is 3. The molecule has 0 bridgehead atoms. The summed E-state index contributed by atoms with van der Waals surface area (Å²) in [5.41, 5.74) is -1.62. The summed E-state index contributed by atoms with van der Waals surface area (Å²) in [6.07, 6.45) is 8.48. The van der Waals surface area contributed by atoms with Gasteiger partial charge in [0.1, 0.15) is 23.0 Å². The summed E-state index contributed by atoms with van der Waals surface area (Å²) in [4.78, 5) is 63.8. The lowest BCUT2D eigenvalue weighted by atomic mass is 9.77. The van der Waals surface area contributed by atoms with Gasteiger partial charge >= 0.3 is 11.9 Å². The molecule has 0 unspecified atom stereocenters. The molecule has 4 rings (SSSR count). The largest absolute Gasteiger partial charge is 0.456 e. The number of carbonyl (C=O) groups excluding carboxylic acids is 5. The van der Waals surface area contributed by atoms with E-state index in [1.165, 1.54) is 37.8 Å². The van der Waals surface area contributed by atoms with Crippen LogP contribution in [-0.4, -0.2) is 69.7 Å². The molecular weight excluding hydrogens is 781 g/mol. The van der Waals surface area contributed by atoms with E-state index in [0.29, 0.717) is 80.9 Å².